The van der Waals surface area contributed by atoms with Crippen LogP contribution in [0.2, 0.25) is 0 Å². The molecule has 1 aromatic carbocycles. The molecule has 0 fully saturated rings. The molecule has 0 saturated heterocycles. The minimum Gasteiger partial charge on any atom is -0.193 e. The molecular formula is C12H10N2. The second kappa shape index (κ2) is 4.25. The molecule has 0 unspecified atom stereocenters. The van der Waals surface area contributed by atoms with E-state index in [2.05, 4.69) is 6.07 Å². The van der Waals surface area contributed by atoms with Crippen LogP contribution >= 0.6 is 0 Å². The minimum absolute atomic E-state index is 0.611. The highest BCUT2D eigenvalue weighted by Crippen LogP contribution is 2.16. The average Bonchev–Trinajstić information content (AvgIpc) is 2.19. The summed E-state index contributed by atoms with van der Waals surface area (Å²) in [6.45, 7) is 3.95. The molecule has 0 aliphatic carbocycles. The van der Waals surface area contributed by atoms with Gasteiger partial charge in [0.25, 0.3) is 0 Å². The Morgan fingerprint density at radius 2 is 1.79 bits per heavy atom. The highest BCUT2D eigenvalue weighted by Gasteiger charge is 2.01. The maximum absolute atomic E-state index is 8.87. The lowest BCUT2D eigenvalue weighted by Gasteiger charge is -2.03. The number of rotatable bonds is 1. The van der Waals surface area contributed by atoms with Gasteiger partial charge in [0.2, 0.25) is 0 Å². The smallest absolute Gasteiger partial charge is 0.0998 e. The summed E-state index contributed by atoms with van der Waals surface area (Å²) in [6.07, 6.45) is 3.04. The van der Waals surface area contributed by atoms with Gasteiger partial charge in [0.1, 0.15) is 0 Å². The SMILES string of the molecule is Cc1cc(C#N)c(/C=C/C#N)cc1C. The maximum atomic E-state index is 8.87. The van der Waals surface area contributed by atoms with Crippen molar-refractivity contribution in [2.24, 2.45) is 0 Å². The molecule has 0 aromatic heterocycles. The van der Waals surface area contributed by atoms with Gasteiger partial charge >= 0.3 is 0 Å². The molecule has 0 atom stereocenters. The number of aryl methyl sites for hydroxylation is 2. The first-order valence-corrected chi connectivity index (χ1v) is 4.26. The molecule has 0 N–H and O–H groups in total. The Bertz CT molecular complexity index is 456. The summed E-state index contributed by atoms with van der Waals surface area (Å²) in [5, 5.41) is 17.3. The van der Waals surface area contributed by atoms with Crippen LogP contribution in [0.25, 0.3) is 6.08 Å². The third-order valence-electron chi connectivity index (χ3n) is 2.12. The molecule has 0 heterocycles. The quantitative estimate of drug-likeness (QED) is 0.627. The van der Waals surface area contributed by atoms with E-state index in [0.29, 0.717) is 5.56 Å². The van der Waals surface area contributed by atoms with Crippen LogP contribution in [-0.4, -0.2) is 0 Å². The monoisotopic (exact) mass is 182 g/mol. The molecule has 0 bridgehead atoms. The van der Waals surface area contributed by atoms with Crippen LogP contribution in [0.5, 0.6) is 0 Å². The lowest BCUT2D eigenvalue weighted by atomic mass is 10.0. The van der Waals surface area contributed by atoms with Gasteiger partial charge in [0.05, 0.1) is 17.7 Å². The van der Waals surface area contributed by atoms with Gasteiger partial charge in [-0.25, -0.2) is 0 Å². The first kappa shape index (κ1) is 10.0. The lowest BCUT2D eigenvalue weighted by Crippen LogP contribution is -1.88. The van der Waals surface area contributed by atoms with E-state index >= 15 is 0 Å². The van der Waals surface area contributed by atoms with Crippen molar-refractivity contribution in [3.8, 4) is 12.1 Å². The van der Waals surface area contributed by atoms with Gasteiger partial charge in [0, 0.05) is 6.08 Å². The minimum atomic E-state index is 0.611. The van der Waals surface area contributed by atoms with Crippen LogP contribution in [0.4, 0.5) is 0 Å². The zero-order valence-electron chi connectivity index (χ0n) is 8.20. The molecule has 0 aliphatic heterocycles. The molecule has 0 saturated carbocycles. The van der Waals surface area contributed by atoms with Gasteiger partial charge in [-0.2, -0.15) is 10.5 Å². The van der Waals surface area contributed by atoms with E-state index < -0.39 is 0 Å². The number of hydrogen-bond acceptors (Lipinski definition) is 2. The van der Waals surface area contributed by atoms with Crippen molar-refractivity contribution in [3.63, 3.8) is 0 Å². The third-order valence-corrected chi connectivity index (χ3v) is 2.12. The Balaban J connectivity index is 3.30. The number of nitrogens with zero attached hydrogens (tertiary/aromatic N) is 2. The van der Waals surface area contributed by atoms with Crippen LogP contribution in [0.3, 0.4) is 0 Å². The van der Waals surface area contributed by atoms with Crippen LogP contribution in [0.1, 0.15) is 22.3 Å². The lowest BCUT2D eigenvalue weighted by molar-refractivity contribution is 1.31. The number of hydrogen-bond donors (Lipinski definition) is 0. The van der Waals surface area contributed by atoms with E-state index in [1.807, 2.05) is 32.0 Å². The fourth-order valence-corrected chi connectivity index (χ4v) is 1.20. The van der Waals surface area contributed by atoms with Crippen LogP contribution in [0.15, 0.2) is 18.2 Å². The molecule has 0 amide bonds. The van der Waals surface area contributed by atoms with E-state index in [-0.39, 0.29) is 0 Å². The number of benzene rings is 1. The summed E-state index contributed by atoms with van der Waals surface area (Å²) in [5.74, 6) is 0. The molecule has 68 valence electrons. The Hall–Kier alpha value is -2.06. The molecule has 0 radical (unpaired) electrons. The molecule has 0 aliphatic rings. The molecule has 1 aromatic rings. The molecular weight excluding hydrogens is 172 g/mol. The van der Waals surface area contributed by atoms with E-state index in [1.54, 1.807) is 6.08 Å². The van der Waals surface area contributed by atoms with Gasteiger partial charge in [0.15, 0.2) is 0 Å². The van der Waals surface area contributed by atoms with Gasteiger partial charge in [-0.1, -0.05) is 6.07 Å². The van der Waals surface area contributed by atoms with E-state index in [1.165, 1.54) is 6.08 Å². The Labute approximate surface area is 83.7 Å². The van der Waals surface area contributed by atoms with E-state index in [4.69, 9.17) is 10.5 Å². The highest BCUT2D eigenvalue weighted by atomic mass is 14.2. The predicted molar refractivity (Wildman–Crippen MR) is 55.3 cm³/mol. The first-order chi connectivity index (χ1) is 6.69. The van der Waals surface area contributed by atoms with Gasteiger partial charge in [-0.3, -0.25) is 0 Å². The predicted octanol–water partition coefficient (Wildman–Crippen LogP) is 2.71. The fourth-order valence-electron chi connectivity index (χ4n) is 1.20. The average molecular weight is 182 g/mol. The maximum Gasteiger partial charge on any atom is 0.0998 e. The summed E-state index contributed by atoms with van der Waals surface area (Å²) in [5.41, 5.74) is 3.63. The second-order valence-corrected chi connectivity index (χ2v) is 3.10. The van der Waals surface area contributed by atoms with E-state index in [0.717, 1.165) is 16.7 Å². The summed E-state index contributed by atoms with van der Waals surface area (Å²) in [4.78, 5) is 0. The van der Waals surface area contributed by atoms with Gasteiger partial charge in [-0.15, -0.1) is 0 Å². The van der Waals surface area contributed by atoms with Crippen molar-refractivity contribution in [3.05, 3.63) is 40.5 Å². The number of allylic oxidation sites excluding steroid dienone is 1. The van der Waals surface area contributed by atoms with Crippen LogP contribution in [-0.2, 0) is 0 Å². The molecule has 1 rings (SSSR count). The van der Waals surface area contributed by atoms with Crippen LogP contribution in [0, 0.1) is 36.5 Å². The largest absolute Gasteiger partial charge is 0.193 e. The fraction of sp³-hybridized carbons (Fsp3) is 0.167. The zero-order chi connectivity index (χ0) is 10.6. The summed E-state index contributed by atoms with van der Waals surface area (Å²) >= 11 is 0. The zero-order valence-corrected chi connectivity index (χ0v) is 8.20. The van der Waals surface area contributed by atoms with Crippen molar-refractivity contribution in [2.75, 3.05) is 0 Å². The topological polar surface area (TPSA) is 47.6 Å². The summed E-state index contributed by atoms with van der Waals surface area (Å²) in [7, 11) is 0. The summed E-state index contributed by atoms with van der Waals surface area (Å²) < 4.78 is 0. The van der Waals surface area contributed by atoms with E-state index in [9.17, 15) is 0 Å². The molecule has 14 heavy (non-hydrogen) atoms. The summed E-state index contributed by atoms with van der Waals surface area (Å²) in [6, 6.07) is 7.78. The number of nitriles is 2. The van der Waals surface area contributed by atoms with Crippen molar-refractivity contribution in [2.45, 2.75) is 13.8 Å². The van der Waals surface area contributed by atoms with Crippen molar-refractivity contribution in [1.82, 2.24) is 0 Å². The third kappa shape index (κ3) is 2.00. The van der Waals surface area contributed by atoms with Crippen molar-refractivity contribution in [1.29, 1.82) is 10.5 Å². The van der Waals surface area contributed by atoms with Gasteiger partial charge < -0.3 is 0 Å². The van der Waals surface area contributed by atoms with Crippen molar-refractivity contribution < 1.29 is 0 Å². The standard InChI is InChI=1S/C12H10N2/c1-9-6-11(4-3-5-13)12(8-14)7-10(9)2/h3-4,6-7H,1-2H3/b4-3+. The Kier molecular flexibility index (Phi) is 3.05. The van der Waals surface area contributed by atoms with Gasteiger partial charge in [-0.05, 0) is 42.7 Å². The molecule has 2 nitrogen and oxygen atoms in total. The second-order valence-electron chi connectivity index (χ2n) is 3.10. The molecule has 2 heteroatoms. The highest BCUT2D eigenvalue weighted by molar-refractivity contribution is 5.61. The van der Waals surface area contributed by atoms with Crippen LogP contribution < -0.4 is 0 Å². The molecule has 0 spiro atoms. The first-order valence-electron chi connectivity index (χ1n) is 4.26. The normalized spacial score (nSPS) is 9.71. The Morgan fingerprint density at radius 1 is 1.14 bits per heavy atom. The van der Waals surface area contributed by atoms with Crippen molar-refractivity contribution >= 4 is 6.08 Å². The Morgan fingerprint density at radius 3 is 2.36 bits per heavy atom.